The highest BCUT2D eigenvalue weighted by Crippen LogP contribution is 2.19. The fourth-order valence-corrected chi connectivity index (χ4v) is 1.62. The predicted molar refractivity (Wildman–Crippen MR) is 70.2 cm³/mol. The Morgan fingerprint density at radius 1 is 1.11 bits per heavy atom. The molecule has 5 nitrogen and oxygen atoms in total. The first-order chi connectivity index (χ1) is 9.01. The lowest BCUT2D eigenvalue weighted by atomic mass is 10.0. The average molecular weight is 265 g/mol. The third kappa shape index (κ3) is 3.77. The summed E-state index contributed by atoms with van der Waals surface area (Å²) in [6.07, 6.45) is 0. The number of carbonyl (C=O) groups excluding carboxylic acids is 2. The number of hydrogen-bond acceptors (Lipinski definition) is 5. The van der Waals surface area contributed by atoms with Crippen molar-refractivity contribution in [3.63, 3.8) is 0 Å². The summed E-state index contributed by atoms with van der Waals surface area (Å²) in [5, 5.41) is 0. The first kappa shape index (κ1) is 15.1. The van der Waals surface area contributed by atoms with Gasteiger partial charge in [-0.2, -0.15) is 0 Å². The molecule has 5 heteroatoms. The van der Waals surface area contributed by atoms with E-state index in [2.05, 4.69) is 4.98 Å². The van der Waals surface area contributed by atoms with Crippen molar-refractivity contribution < 1.29 is 19.1 Å². The zero-order valence-corrected chi connectivity index (χ0v) is 11.7. The van der Waals surface area contributed by atoms with Crippen molar-refractivity contribution in [2.24, 2.45) is 0 Å². The topological polar surface area (TPSA) is 65.5 Å². The highest BCUT2D eigenvalue weighted by molar-refractivity contribution is 5.93. The minimum absolute atomic E-state index is 0.00813. The number of nitrogens with zero attached hydrogens (tertiary/aromatic N) is 1. The number of rotatable bonds is 5. The van der Waals surface area contributed by atoms with E-state index in [-0.39, 0.29) is 18.2 Å². The maximum absolute atomic E-state index is 11.8. The predicted octanol–water partition coefficient (Wildman–Crippen LogP) is 2.56. The van der Waals surface area contributed by atoms with Crippen molar-refractivity contribution in [2.75, 3.05) is 13.2 Å². The molecule has 0 unspecified atom stereocenters. The first-order valence-electron chi connectivity index (χ1n) is 6.36. The van der Waals surface area contributed by atoms with Crippen molar-refractivity contribution in [3.8, 4) is 0 Å². The summed E-state index contributed by atoms with van der Waals surface area (Å²) in [5.41, 5.74) is 1.15. The van der Waals surface area contributed by atoms with Gasteiger partial charge in [0.05, 0.1) is 24.5 Å². The summed E-state index contributed by atoms with van der Waals surface area (Å²) in [6, 6.07) is 3.04. The smallest absolute Gasteiger partial charge is 0.356 e. The third-order valence-electron chi connectivity index (χ3n) is 2.45. The normalized spacial score (nSPS) is 10.4. The number of ether oxygens (including phenoxy) is 2. The largest absolute Gasteiger partial charge is 0.462 e. The lowest BCUT2D eigenvalue weighted by Crippen LogP contribution is -2.14. The van der Waals surface area contributed by atoms with Crippen LogP contribution in [-0.4, -0.2) is 30.1 Å². The van der Waals surface area contributed by atoms with Crippen molar-refractivity contribution >= 4 is 11.9 Å². The quantitative estimate of drug-likeness (QED) is 0.765. The van der Waals surface area contributed by atoms with Crippen LogP contribution in [0, 0.1) is 0 Å². The second-order valence-corrected chi connectivity index (χ2v) is 4.22. The van der Waals surface area contributed by atoms with Crippen LogP contribution in [0.15, 0.2) is 12.1 Å². The summed E-state index contributed by atoms with van der Waals surface area (Å²) in [4.78, 5) is 27.6. The van der Waals surface area contributed by atoms with Crippen LogP contribution in [0.5, 0.6) is 0 Å². The highest BCUT2D eigenvalue weighted by Gasteiger charge is 2.19. The molecule has 0 aliphatic heterocycles. The standard InChI is InChI=1S/C14H19NO4/c1-5-18-13(16)10-7-8-11(14(17)19-6-2)15-12(10)9(3)4/h7-9H,5-6H2,1-4H3. The van der Waals surface area contributed by atoms with E-state index in [0.29, 0.717) is 17.9 Å². The molecule has 1 aromatic rings. The molecule has 0 spiro atoms. The van der Waals surface area contributed by atoms with E-state index < -0.39 is 11.9 Å². The summed E-state index contributed by atoms with van der Waals surface area (Å²) in [5.74, 6) is -0.900. The van der Waals surface area contributed by atoms with Gasteiger partial charge in [0.15, 0.2) is 0 Å². The van der Waals surface area contributed by atoms with Crippen molar-refractivity contribution in [2.45, 2.75) is 33.6 Å². The van der Waals surface area contributed by atoms with Crippen LogP contribution in [-0.2, 0) is 9.47 Å². The van der Waals surface area contributed by atoms with Gasteiger partial charge in [0.2, 0.25) is 0 Å². The van der Waals surface area contributed by atoms with Gasteiger partial charge in [0.25, 0.3) is 0 Å². The molecular formula is C14H19NO4. The van der Waals surface area contributed by atoms with Gasteiger partial charge < -0.3 is 9.47 Å². The minimum Gasteiger partial charge on any atom is -0.462 e. The summed E-state index contributed by atoms with van der Waals surface area (Å²) in [7, 11) is 0. The van der Waals surface area contributed by atoms with Crippen LogP contribution in [0.2, 0.25) is 0 Å². The Bertz CT molecular complexity index is 469. The molecule has 0 saturated carbocycles. The molecule has 19 heavy (non-hydrogen) atoms. The first-order valence-corrected chi connectivity index (χ1v) is 6.36. The second-order valence-electron chi connectivity index (χ2n) is 4.22. The Morgan fingerprint density at radius 3 is 2.21 bits per heavy atom. The monoisotopic (exact) mass is 265 g/mol. The summed E-state index contributed by atoms with van der Waals surface area (Å²) >= 11 is 0. The molecule has 1 heterocycles. The van der Waals surface area contributed by atoms with Gasteiger partial charge in [-0.3, -0.25) is 0 Å². The fraction of sp³-hybridized carbons (Fsp3) is 0.500. The van der Waals surface area contributed by atoms with E-state index in [1.165, 1.54) is 6.07 Å². The Morgan fingerprint density at radius 2 is 1.68 bits per heavy atom. The van der Waals surface area contributed by atoms with Crippen molar-refractivity contribution in [1.29, 1.82) is 0 Å². The van der Waals surface area contributed by atoms with E-state index in [4.69, 9.17) is 9.47 Å². The van der Waals surface area contributed by atoms with Crippen molar-refractivity contribution in [3.05, 3.63) is 29.1 Å². The van der Waals surface area contributed by atoms with Gasteiger partial charge in [-0.15, -0.1) is 0 Å². The zero-order chi connectivity index (χ0) is 14.4. The zero-order valence-electron chi connectivity index (χ0n) is 11.7. The fourth-order valence-electron chi connectivity index (χ4n) is 1.62. The number of hydrogen-bond donors (Lipinski definition) is 0. The maximum atomic E-state index is 11.8. The van der Waals surface area contributed by atoms with Gasteiger partial charge in [-0.25, -0.2) is 14.6 Å². The van der Waals surface area contributed by atoms with Crippen LogP contribution >= 0.6 is 0 Å². The van der Waals surface area contributed by atoms with Crippen LogP contribution in [0.1, 0.15) is 60.2 Å². The van der Waals surface area contributed by atoms with Gasteiger partial charge in [0.1, 0.15) is 5.69 Å². The molecule has 1 aromatic heterocycles. The van der Waals surface area contributed by atoms with E-state index in [1.807, 2.05) is 13.8 Å². The van der Waals surface area contributed by atoms with E-state index in [0.717, 1.165) is 0 Å². The maximum Gasteiger partial charge on any atom is 0.356 e. The Kier molecular flexibility index (Phi) is 5.48. The Hall–Kier alpha value is -1.91. The van der Waals surface area contributed by atoms with E-state index >= 15 is 0 Å². The average Bonchev–Trinajstić information content (AvgIpc) is 2.38. The number of esters is 2. The second kappa shape index (κ2) is 6.87. The number of aromatic nitrogens is 1. The number of pyridine rings is 1. The summed E-state index contributed by atoms with van der Waals surface area (Å²) < 4.78 is 9.86. The highest BCUT2D eigenvalue weighted by atomic mass is 16.5. The van der Waals surface area contributed by atoms with Gasteiger partial charge in [-0.05, 0) is 31.9 Å². The lowest BCUT2D eigenvalue weighted by Gasteiger charge is -2.12. The van der Waals surface area contributed by atoms with Crippen molar-refractivity contribution in [1.82, 2.24) is 4.98 Å². The van der Waals surface area contributed by atoms with Gasteiger partial charge in [-0.1, -0.05) is 13.8 Å². The molecule has 0 aliphatic carbocycles. The molecule has 1 rings (SSSR count). The van der Waals surface area contributed by atoms with Gasteiger partial charge >= 0.3 is 11.9 Å². The molecule has 0 fully saturated rings. The molecule has 0 atom stereocenters. The third-order valence-corrected chi connectivity index (χ3v) is 2.45. The molecule has 0 aliphatic rings. The van der Waals surface area contributed by atoms with Crippen LogP contribution in [0.25, 0.3) is 0 Å². The lowest BCUT2D eigenvalue weighted by molar-refractivity contribution is 0.0504. The minimum atomic E-state index is -0.486. The van der Waals surface area contributed by atoms with E-state index in [1.54, 1.807) is 19.9 Å². The molecule has 104 valence electrons. The molecule has 0 saturated heterocycles. The van der Waals surface area contributed by atoms with Crippen LogP contribution < -0.4 is 0 Å². The molecular weight excluding hydrogens is 246 g/mol. The Balaban J connectivity index is 3.15. The molecule has 0 radical (unpaired) electrons. The molecule has 0 N–H and O–H groups in total. The van der Waals surface area contributed by atoms with E-state index in [9.17, 15) is 9.59 Å². The van der Waals surface area contributed by atoms with Crippen LogP contribution in [0.4, 0.5) is 0 Å². The summed E-state index contributed by atoms with van der Waals surface area (Å²) in [6.45, 7) is 7.87. The molecule has 0 bridgehead atoms. The Labute approximate surface area is 112 Å². The van der Waals surface area contributed by atoms with Crippen LogP contribution in [0.3, 0.4) is 0 Å². The molecule has 0 amide bonds. The molecule has 0 aromatic carbocycles. The van der Waals surface area contributed by atoms with Gasteiger partial charge in [0, 0.05) is 0 Å². The SMILES string of the molecule is CCOC(=O)c1ccc(C(=O)OCC)c(C(C)C)n1. The number of carbonyl (C=O) groups is 2.